The van der Waals surface area contributed by atoms with E-state index in [1.165, 1.54) is 0 Å². The molecule has 1 aromatic carbocycles. The summed E-state index contributed by atoms with van der Waals surface area (Å²) >= 11 is 4.84. The van der Waals surface area contributed by atoms with Gasteiger partial charge in [0.2, 0.25) is 4.77 Å². The Labute approximate surface area is 104 Å². The number of aromatic amines is 2. The first-order valence-corrected chi connectivity index (χ1v) is 5.68. The van der Waals surface area contributed by atoms with Crippen molar-refractivity contribution >= 4 is 12.2 Å². The second-order valence-corrected chi connectivity index (χ2v) is 3.69. The summed E-state index contributed by atoms with van der Waals surface area (Å²) in [5, 5.41) is 5.53. The zero-order valence-corrected chi connectivity index (χ0v) is 10.2. The molecule has 0 aliphatic heterocycles. The topological polar surface area (TPSA) is 62.9 Å². The monoisotopic (exact) mass is 251 g/mol. The number of benzene rings is 1. The summed E-state index contributed by atoms with van der Waals surface area (Å²) in [6, 6.07) is 7.44. The van der Waals surface area contributed by atoms with Gasteiger partial charge in [0.25, 0.3) is 0 Å². The number of aromatic nitrogens is 3. The molecule has 0 aliphatic carbocycles. The third kappa shape index (κ3) is 3.32. The zero-order valence-electron chi connectivity index (χ0n) is 9.40. The van der Waals surface area contributed by atoms with Gasteiger partial charge in [0.15, 0.2) is 5.82 Å². The number of H-pyrrole nitrogens is 2. The molecule has 0 fully saturated rings. The lowest BCUT2D eigenvalue weighted by molar-refractivity contribution is 0.294. The van der Waals surface area contributed by atoms with Crippen LogP contribution in [0.5, 0.6) is 11.5 Å². The molecule has 2 N–H and O–H groups in total. The van der Waals surface area contributed by atoms with Gasteiger partial charge in [-0.25, -0.2) is 4.98 Å². The van der Waals surface area contributed by atoms with Gasteiger partial charge in [-0.05, 0) is 43.4 Å². The van der Waals surface area contributed by atoms with Crippen LogP contribution in [0.3, 0.4) is 0 Å². The van der Waals surface area contributed by atoms with Crippen molar-refractivity contribution in [3.63, 3.8) is 0 Å². The molecule has 0 spiro atoms. The molecule has 90 valence electrons. The minimum atomic E-state index is 0.348. The second-order valence-electron chi connectivity index (χ2n) is 3.31. The Morgan fingerprint density at radius 3 is 2.29 bits per heavy atom. The molecule has 0 radical (unpaired) electrons. The first-order chi connectivity index (χ1) is 8.28. The third-order valence-corrected chi connectivity index (χ3v) is 2.25. The molecule has 1 heterocycles. The normalized spacial score (nSPS) is 10.2. The van der Waals surface area contributed by atoms with Crippen molar-refractivity contribution in [3.8, 4) is 11.5 Å². The van der Waals surface area contributed by atoms with E-state index in [-0.39, 0.29) is 0 Å². The van der Waals surface area contributed by atoms with Crippen LogP contribution in [0.15, 0.2) is 24.3 Å². The standard InChI is InChI=1S/C11H13N3O2S/c1-2-15-8-3-5-9(6-4-8)16-7-10-12-11(17)14-13-10/h3-6H,2,7H2,1H3,(H2,12,13,14,17). The van der Waals surface area contributed by atoms with Crippen molar-refractivity contribution in [2.75, 3.05) is 6.61 Å². The van der Waals surface area contributed by atoms with E-state index in [2.05, 4.69) is 15.2 Å². The number of ether oxygens (including phenoxy) is 2. The van der Waals surface area contributed by atoms with Crippen LogP contribution < -0.4 is 9.47 Å². The molecule has 0 aliphatic rings. The van der Waals surface area contributed by atoms with E-state index >= 15 is 0 Å². The Morgan fingerprint density at radius 1 is 1.12 bits per heavy atom. The molecular weight excluding hydrogens is 238 g/mol. The number of hydrogen-bond acceptors (Lipinski definition) is 4. The van der Waals surface area contributed by atoms with Crippen molar-refractivity contribution in [2.24, 2.45) is 0 Å². The van der Waals surface area contributed by atoms with Gasteiger partial charge in [-0.2, -0.15) is 0 Å². The lowest BCUT2D eigenvalue weighted by Gasteiger charge is -2.06. The highest BCUT2D eigenvalue weighted by atomic mass is 32.1. The van der Waals surface area contributed by atoms with Crippen LogP contribution in [-0.4, -0.2) is 21.8 Å². The molecule has 2 aromatic rings. The van der Waals surface area contributed by atoms with Gasteiger partial charge < -0.3 is 9.47 Å². The van der Waals surface area contributed by atoms with Crippen LogP contribution in [-0.2, 0) is 6.61 Å². The van der Waals surface area contributed by atoms with E-state index < -0.39 is 0 Å². The van der Waals surface area contributed by atoms with Crippen LogP contribution in [0.1, 0.15) is 12.7 Å². The average molecular weight is 251 g/mol. The maximum absolute atomic E-state index is 5.52. The summed E-state index contributed by atoms with van der Waals surface area (Å²) in [5.74, 6) is 2.26. The molecule has 0 saturated carbocycles. The highest BCUT2D eigenvalue weighted by Crippen LogP contribution is 2.18. The second kappa shape index (κ2) is 5.49. The predicted octanol–water partition coefficient (Wildman–Crippen LogP) is 2.44. The van der Waals surface area contributed by atoms with E-state index in [1.54, 1.807) is 0 Å². The molecule has 0 saturated heterocycles. The van der Waals surface area contributed by atoms with Crippen molar-refractivity contribution in [1.82, 2.24) is 15.2 Å². The zero-order chi connectivity index (χ0) is 12.1. The Bertz CT molecular complexity index is 518. The van der Waals surface area contributed by atoms with E-state index in [9.17, 15) is 0 Å². The SMILES string of the molecule is CCOc1ccc(OCc2nc(=S)[nH][nH]2)cc1. The molecule has 2 rings (SSSR count). The first kappa shape index (κ1) is 11.7. The molecule has 0 bridgehead atoms. The minimum absolute atomic E-state index is 0.348. The van der Waals surface area contributed by atoms with Gasteiger partial charge in [-0.15, -0.1) is 0 Å². The molecule has 17 heavy (non-hydrogen) atoms. The Hall–Kier alpha value is -1.82. The van der Waals surface area contributed by atoms with Gasteiger partial charge in [-0.3, -0.25) is 10.2 Å². The molecule has 5 nitrogen and oxygen atoms in total. The number of nitrogens with zero attached hydrogens (tertiary/aromatic N) is 1. The smallest absolute Gasteiger partial charge is 0.213 e. The van der Waals surface area contributed by atoms with Crippen molar-refractivity contribution in [2.45, 2.75) is 13.5 Å². The average Bonchev–Trinajstić information content (AvgIpc) is 2.75. The number of hydrogen-bond donors (Lipinski definition) is 2. The van der Waals surface area contributed by atoms with Crippen LogP contribution in [0.2, 0.25) is 0 Å². The van der Waals surface area contributed by atoms with Gasteiger partial charge in [0, 0.05) is 0 Å². The lowest BCUT2D eigenvalue weighted by atomic mass is 10.3. The Balaban J connectivity index is 1.92. The largest absolute Gasteiger partial charge is 0.494 e. The molecule has 0 amide bonds. The fraction of sp³-hybridized carbons (Fsp3) is 0.273. The molecule has 0 unspecified atom stereocenters. The third-order valence-electron chi connectivity index (χ3n) is 2.06. The molecule has 6 heteroatoms. The Kier molecular flexibility index (Phi) is 3.77. The van der Waals surface area contributed by atoms with E-state index in [4.69, 9.17) is 21.7 Å². The summed E-state index contributed by atoms with van der Waals surface area (Å²) in [7, 11) is 0. The number of rotatable bonds is 5. The molecule has 1 aromatic heterocycles. The van der Waals surface area contributed by atoms with E-state index in [1.807, 2.05) is 31.2 Å². The minimum Gasteiger partial charge on any atom is -0.494 e. The predicted molar refractivity (Wildman–Crippen MR) is 65.7 cm³/mol. The summed E-state index contributed by atoms with van der Waals surface area (Å²) in [6.45, 7) is 2.95. The van der Waals surface area contributed by atoms with Crippen molar-refractivity contribution in [3.05, 3.63) is 34.9 Å². The van der Waals surface area contributed by atoms with Gasteiger partial charge in [0.1, 0.15) is 18.1 Å². The van der Waals surface area contributed by atoms with Crippen LogP contribution in [0.4, 0.5) is 0 Å². The molecule has 0 atom stereocenters. The Morgan fingerprint density at radius 2 is 1.76 bits per heavy atom. The van der Waals surface area contributed by atoms with Crippen molar-refractivity contribution < 1.29 is 9.47 Å². The number of nitrogens with one attached hydrogen (secondary N) is 2. The summed E-state index contributed by atoms with van der Waals surface area (Å²) in [6.07, 6.45) is 0. The maximum atomic E-state index is 5.52. The highest BCUT2D eigenvalue weighted by Gasteiger charge is 1.99. The van der Waals surface area contributed by atoms with E-state index in [0.29, 0.717) is 23.8 Å². The fourth-order valence-electron chi connectivity index (χ4n) is 1.32. The summed E-state index contributed by atoms with van der Waals surface area (Å²) in [5.41, 5.74) is 0. The fourth-order valence-corrected chi connectivity index (χ4v) is 1.48. The lowest BCUT2D eigenvalue weighted by Crippen LogP contribution is -1.97. The van der Waals surface area contributed by atoms with E-state index in [0.717, 1.165) is 11.5 Å². The maximum Gasteiger partial charge on any atom is 0.213 e. The summed E-state index contributed by atoms with van der Waals surface area (Å²) < 4.78 is 11.3. The highest BCUT2D eigenvalue weighted by molar-refractivity contribution is 7.71. The van der Waals surface area contributed by atoms with Crippen LogP contribution >= 0.6 is 12.2 Å². The first-order valence-electron chi connectivity index (χ1n) is 5.27. The van der Waals surface area contributed by atoms with Crippen LogP contribution in [0.25, 0.3) is 0 Å². The van der Waals surface area contributed by atoms with Gasteiger partial charge in [-0.1, -0.05) is 0 Å². The summed E-state index contributed by atoms with van der Waals surface area (Å²) in [4.78, 5) is 4.03. The van der Waals surface area contributed by atoms with Crippen molar-refractivity contribution in [1.29, 1.82) is 0 Å². The van der Waals surface area contributed by atoms with Crippen LogP contribution in [0, 0.1) is 4.77 Å². The van der Waals surface area contributed by atoms with Gasteiger partial charge >= 0.3 is 0 Å². The van der Waals surface area contributed by atoms with Gasteiger partial charge in [0.05, 0.1) is 6.61 Å². The molecular formula is C11H13N3O2S. The quantitative estimate of drug-likeness (QED) is 0.801.